The van der Waals surface area contributed by atoms with Crippen molar-refractivity contribution in [2.75, 3.05) is 13.1 Å². The Balaban J connectivity index is 2.32. The Hall–Kier alpha value is -1.14. The molecule has 1 unspecified atom stereocenters. The molecule has 0 radical (unpaired) electrons. The number of hydrogen-bond donors (Lipinski definition) is 3. The zero-order valence-corrected chi connectivity index (χ0v) is 12.7. The van der Waals surface area contributed by atoms with Gasteiger partial charge in [0.05, 0.1) is 6.04 Å². The predicted molar refractivity (Wildman–Crippen MR) is 77.3 cm³/mol. The average Bonchev–Trinajstić information content (AvgIpc) is 2.35. The Bertz CT molecular complexity index is 344. The van der Waals surface area contributed by atoms with Crippen LogP contribution in [-0.4, -0.2) is 52.6 Å². The molecule has 0 aromatic carbocycles. The van der Waals surface area contributed by atoms with Crippen LogP contribution in [0.5, 0.6) is 0 Å². The minimum Gasteiger partial charge on any atom is -0.481 e. The summed E-state index contributed by atoms with van der Waals surface area (Å²) in [5.41, 5.74) is 5.85. The molecule has 1 aliphatic heterocycles. The zero-order valence-electron chi connectivity index (χ0n) is 12.7. The molecule has 0 spiro atoms. The van der Waals surface area contributed by atoms with E-state index in [9.17, 15) is 9.59 Å². The van der Waals surface area contributed by atoms with E-state index in [0.717, 1.165) is 25.9 Å². The number of piperidine rings is 1. The Morgan fingerprint density at radius 1 is 1.35 bits per heavy atom. The van der Waals surface area contributed by atoms with Crippen LogP contribution < -0.4 is 11.1 Å². The molecule has 6 heteroatoms. The molecule has 0 aromatic rings. The number of carboxylic acids is 1. The molecule has 0 aromatic heterocycles. The number of amides is 1. The maximum Gasteiger partial charge on any atom is 0.303 e. The Morgan fingerprint density at radius 3 is 2.35 bits per heavy atom. The van der Waals surface area contributed by atoms with Crippen molar-refractivity contribution in [1.29, 1.82) is 0 Å². The van der Waals surface area contributed by atoms with Crippen LogP contribution >= 0.6 is 0 Å². The zero-order chi connectivity index (χ0) is 15.3. The van der Waals surface area contributed by atoms with Crippen molar-refractivity contribution in [2.24, 2.45) is 5.73 Å². The lowest BCUT2D eigenvalue weighted by Crippen LogP contribution is -2.53. The van der Waals surface area contributed by atoms with Gasteiger partial charge in [0.1, 0.15) is 0 Å². The summed E-state index contributed by atoms with van der Waals surface area (Å²) in [6.45, 7) is 8.48. The molecule has 1 saturated heterocycles. The second-order valence-corrected chi connectivity index (χ2v) is 6.48. The van der Waals surface area contributed by atoms with Crippen molar-refractivity contribution < 1.29 is 14.7 Å². The first-order valence-electron chi connectivity index (χ1n) is 7.23. The molecule has 0 saturated carbocycles. The van der Waals surface area contributed by atoms with Gasteiger partial charge in [0.15, 0.2) is 0 Å². The molecule has 0 aliphatic carbocycles. The maximum absolute atomic E-state index is 11.9. The van der Waals surface area contributed by atoms with Crippen LogP contribution in [0.1, 0.15) is 46.5 Å². The molecule has 1 atom stereocenters. The van der Waals surface area contributed by atoms with E-state index in [1.807, 2.05) is 0 Å². The predicted octanol–water partition coefficient (Wildman–Crippen LogP) is 0.558. The van der Waals surface area contributed by atoms with Crippen molar-refractivity contribution in [3.05, 3.63) is 0 Å². The summed E-state index contributed by atoms with van der Waals surface area (Å²) in [5.74, 6) is -1.16. The lowest BCUT2D eigenvalue weighted by atomic mass is 9.97. The molecule has 6 nitrogen and oxygen atoms in total. The van der Waals surface area contributed by atoms with Crippen LogP contribution in [0.2, 0.25) is 0 Å². The van der Waals surface area contributed by atoms with Gasteiger partial charge in [0, 0.05) is 31.1 Å². The summed E-state index contributed by atoms with van der Waals surface area (Å²) in [4.78, 5) is 24.7. The van der Waals surface area contributed by atoms with E-state index in [1.54, 1.807) is 0 Å². The standard InChI is InChI=1S/C14H27N3O3/c1-14(2,3)17-8-6-10(7-9-17)16-13(20)11(15)4-5-12(18)19/h10-11H,4-9,15H2,1-3H3,(H,16,20)(H,18,19). The Kier molecular flexibility index (Phi) is 5.95. The minimum absolute atomic E-state index is 0.0724. The Labute approximate surface area is 120 Å². The molecule has 1 fully saturated rings. The van der Waals surface area contributed by atoms with Crippen molar-refractivity contribution in [1.82, 2.24) is 10.2 Å². The third-order valence-electron chi connectivity index (χ3n) is 3.80. The van der Waals surface area contributed by atoms with E-state index in [1.165, 1.54) is 0 Å². The van der Waals surface area contributed by atoms with E-state index in [4.69, 9.17) is 10.8 Å². The summed E-state index contributed by atoms with van der Waals surface area (Å²) in [7, 11) is 0. The highest BCUT2D eigenvalue weighted by Crippen LogP contribution is 2.20. The second kappa shape index (κ2) is 7.04. The summed E-state index contributed by atoms with van der Waals surface area (Å²) in [5, 5.41) is 11.5. The van der Waals surface area contributed by atoms with E-state index >= 15 is 0 Å². The number of likely N-dealkylation sites (tertiary alicyclic amines) is 1. The number of hydrogen-bond acceptors (Lipinski definition) is 4. The summed E-state index contributed by atoms with van der Waals surface area (Å²) >= 11 is 0. The van der Waals surface area contributed by atoms with Crippen LogP contribution in [0.15, 0.2) is 0 Å². The number of carbonyl (C=O) groups is 2. The number of carboxylic acid groups (broad SMARTS) is 1. The van der Waals surface area contributed by atoms with Gasteiger partial charge in [-0.25, -0.2) is 0 Å². The van der Waals surface area contributed by atoms with Crippen LogP contribution in [0.3, 0.4) is 0 Å². The molecule has 4 N–H and O–H groups in total. The normalized spacial score (nSPS) is 19.6. The smallest absolute Gasteiger partial charge is 0.303 e. The summed E-state index contributed by atoms with van der Waals surface area (Å²) in [6, 6.07) is -0.580. The lowest BCUT2D eigenvalue weighted by Gasteiger charge is -2.41. The van der Waals surface area contributed by atoms with E-state index < -0.39 is 12.0 Å². The number of nitrogens with one attached hydrogen (secondary N) is 1. The molecular weight excluding hydrogens is 258 g/mol. The monoisotopic (exact) mass is 285 g/mol. The van der Waals surface area contributed by atoms with Crippen molar-refractivity contribution in [3.63, 3.8) is 0 Å². The van der Waals surface area contributed by atoms with E-state index in [-0.39, 0.29) is 30.3 Å². The lowest BCUT2D eigenvalue weighted by molar-refractivity contribution is -0.137. The number of nitrogens with two attached hydrogens (primary N) is 1. The quantitative estimate of drug-likeness (QED) is 0.686. The van der Waals surface area contributed by atoms with Gasteiger partial charge in [-0.3, -0.25) is 14.5 Å². The molecule has 0 bridgehead atoms. The highest BCUT2D eigenvalue weighted by molar-refractivity contribution is 5.82. The topological polar surface area (TPSA) is 95.7 Å². The molecular formula is C14H27N3O3. The highest BCUT2D eigenvalue weighted by atomic mass is 16.4. The fraction of sp³-hybridized carbons (Fsp3) is 0.857. The van der Waals surface area contributed by atoms with Gasteiger partial charge in [0.2, 0.25) is 5.91 Å². The number of nitrogens with zero attached hydrogens (tertiary/aromatic N) is 1. The van der Waals surface area contributed by atoms with Crippen LogP contribution in [0.4, 0.5) is 0 Å². The first kappa shape index (κ1) is 16.9. The number of carbonyl (C=O) groups excluding carboxylic acids is 1. The molecule has 1 amide bonds. The Morgan fingerprint density at radius 2 is 1.90 bits per heavy atom. The van der Waals surface area contributed by atoms with Crippen molar-refractivity contribution in [2.45, 2.75) is 64.1 Å². The largest absolute Gasteiger partial charge is 0.481 e. The van der Waals surface area contributed by atoms with Crippen LogP contribution in [0.25, 0.3) is 0 Å². The van der Waals surface area contributed by atoms with Gasteiger partial charge in [-0.15, -0.1) is 0 Å². The molecule has 20 heavy (non-hydrogen) atoms. The maximum atomic E-state index is 11.9. The molecule has 1 aliphatic rings. The molecule has 1 heterocycles. The van der Waals surface area contributed by atoms with Gasteiger partial charge >= 0.3 is 5.97 Å². The van der Waals surface area contributed by atoms with Gasteiger partial charge in [-0.1, -0.05) is 0 Å². The third kappa shape index (κ3) is 5.46. The molecule has 1 rings (SSSR count). The minimum atomic E-state index is -0.924. The summed E-state index contributed by atoms with van der Waals surface area (Å²) in [6.07, 6.45) is 1.93. The van der Waals surface area contributed by atoms with Gasteiger partial charge < -0.3 is 16.2 Å². The first-order chi connectivity index (χ1) is 9.20. The van der Waals surface area contributed by atoms with E-state index in [2.05, 4.69) is 31.0 Å². The fourth-order valence-electron chi connectivity index (χ4n) is 2.41. The van der Waals surface area contributed by atoms with Gasteiger partial charge in [-0.05, 0) is 40.0 Å². The van der Waals surface area contributed by atoms with Crippen molar-refractivity contribution >= 4 is 11.9 Å². The van der Waals surface area contributed by atoms with E-state index in [0.29, 0.717) is 0 Å². The SMILES string of the molecule is CC(C)(C)N1CCC(NC(=O)C(N)CCC(=O)O)CC1. The van der Waals surface area contributed by atoms with Gasteiger partial charge in [-0.2, -0.15) is 0 Å². The first-order valence-corrected chi connectivity index (χ1v) is 7.23. The van der Waals surface area contributed by atoms with Crippen LogP contribution in [-0.2, 0) is 9.59 Å². The highest BCUT2D eigenvalue weighted by Gasteiger charge is 2.28. The number of rotatable bonds is 5. The second-order valence-electron chi connectivity index (χ2n) is 6.48. The third-order valence-corrected chi connectivity index (χ3v) is 3.80. The summed E-state index contributed by atoms with van der Waals surface area (Å²) < 4.78 is 0. The van der Waals surface area contributed by atoms with Crippen LogP contribution in [0, 0.1) is 0 Å². The number of aliphatic carboxylic acids is 1. The van der Waals surface area contributed by atoms with Crippen molar-refractivity contribution in [3.8, 4) is 0 Å². The fourth-order valence-corrected chi connectivity index (χ4v) is 2.41. The average molecular weight is 285 g/mol. The molecule has 116 valence electrons. The van der Waals surface area contributed by atoms with Gasteiger partial charge in [0.25, 0.3) is 0 Å².